The number of nitrogens with zero attached hydrogens (tertiary/aromatic N) is 1. The fourth-order valence-electron chi connectivity index (χ4n) is 1.62. The van der Waals surface area contributed by atoms with Crippen molar-refractivity contribution in [3.8, 4) is 0 Å². The summed E-state index contributed by atoms with van der Waals surface area (Å²) in [7, 11) is 1.46. The van der Waals surface area contributed by atoms with Crippen molar-refractivity contribution in [2.45, 2.75) is 20.3 Å². The van der Waals surface area contributed by atoms with Crippen LogP contribution < -0.4 is 10.9 Å². The summed E-state index contributed by atoms with van der Waals surface area (Å²) in [5.41, 5.74) is 1.17. The fourth-order valence-corrected chi connectivity index (χ4v) is 1.62. The van der Waals surface area contributed by atoms with Crippen molar-refractivity contribution in [2.24, 2.45) is 0 Å². The minimum atomic E-state index is -0.484. The predicted octanol–water partition coefficient (Wildman–Crippen LogP) is 1.75. The van der Waals surface area contributed by atoms with Crippen molar-refractivity contribution < 1.29 is 4.79 Å². The molecule has 0 radical (unpaired) electrons. The van der Waals surface area contributed by atoms with Crippen LogP contribution in [0.15, 0.2) is 41.3 Å². The lowest BCUT2D eigenvalue weighted by atomic mass is 10.1. The summed E-state index contributed by atoms with van der Waals surface area (Å²) in [6.07, 6.45) is 2.09. The summed E-state index contributed by atoms with van der Waals surface area (Å²) in [6.45, 7) is 4.00. The Morgan fingerprint density at radius 2 is 1.90 bits per heavy atom. The first-order chi connectivity index (χ1) is 9.70. The second kappa shape index (κ2) is 7.89. The Balaban J connectivity index is 0.000000956. The molecule has 106 valence electrons. The second-order valence-corrected chi connectivity index (χ2v) is 3.83. The molecule has 1 aromatic carbocycles. The minimum absolute atomic E-state index is 0.116. The van der Waals surface area contributed by atoms with Gasteiger partial charge in [-0.2, -0.15) is 0 Å². The minimum Gasteiger partial charge on any atom is -0.354 e. The van der Waals surface area contributed by atoms with E-state index in [1.165, 1.54) is 13.2 Å². The first-order valence-electron chi connectivity index (χ1n) is 6.55. The van der Waals surface area contributed by atoms with Gasteiger partial charge in [0.05, 0.1) is 0 Å². The van der Waals surface area contributed by atoms with Crippen LogP contribution in [0.2, 0.25) is 0 Å². The van der Waals surface area contributed by atoms with E-state index in [1.807, 2.05) is 44.2 Å². The Hall–Kier alpha value is -2.43. The van der Waals surface area contributed by atoms with Crippen molar-refractivity contribution in [1.82, 2.24) is 15.3 Å². The quantitative estimate of drug-likeness (QED) is 0.894. The van der Waals surface area contributed by atoms with Gasteiger partial charge in [-0.15, -0.1) is 0 Å². The van der Waals surface area contributed by atoms with Gasteiger partial charge in [0.25, 0.3) is 11.5 Å². The first kappa shape index (κ1) is 15.6. The van der Waals surface area contributed by atoms with E-state index in [0.29, 0.717) is 12.1 Å². The molecule has 5 nitrogen and oxygen atoms in total. The summed E-state index contributed by atoms with van der Waals surface area (Å²) >= 11 is 0. The number of aromatic nitrogens is 2. The van der Waals surface area contributed by atoms with Gasteiger partial charge in [0.15, 0.2) is 5.69 Å². The predicted molar refractivity (Wildman–Crippen MR) is 78.8 cm³/mol. The molecule has 0 aliphatic rings. The van der Waals surface area contributed by atoms with Crippen molar-refractivity contribution in [2.75, 3.05) is 7.05 Å². The number of rotatable bonds is 3. The lowest BCUT2D eigenvalue weighted by molar-refractivity contribution is 0.0956. The Morgan fingerprint density at radius 3 is 2.45 bits per heavy atom. The van der Waals surface area contributed by atoms with Gasteiger partial charge in [-0.1, -0.05) is 44.2 Å². The highest BCUT2D eigenvalue weighted by Crippen LogP contribution is 2.04. The molecular weight excluding hydrogens is 254 g/mol. The van der Waals surface area contributed by atoms with Crippen LogP contribution in [-0.2, 0) is 6.42 Å². The third-order valence-electron chi connectivity index (χ3n) is 2.52. The number of hydrogen-bond acceptors (Lipinski definition) is 3. The molecule has 0 aliphatic carbocycles. The SMILES string of the molecule is CC.CNC(=O)c1ncc(Cc2ccccc2)[nH]c1=O. The molecule has 0 spiro atoms. The molecule has 0 unspecified atom stereocenters. The van der Waals surface area contributed by atoms with E-state index in [0.717, 1.165) is 5.56 Å². The molecule has 20 heavy (non-hydrogen) atoms. The van der Waals surface area contributed by atoms with E-state index in [1.54, 1.807) is 0 Å². The van der Waals surface area contributed by atoms with Crippen LogP contribution in [0.1, 0.15) is 35.6 Å². The first-order valence-corrected chi connectivity index (χ1v) is 6.55. The van der Waals surface area contributed by atoms with Crippen LogP contribution in [-0.4, -0.2) is 22.9 Å². The normalized spacial score (nSPS) is 9.35. The molecule has 0 fully saturated rings. The van der Waals surface area contributed by atoms with Crippen LogP contribution in [0.5, 0.6) is 0 Å². The van der Waals surface area contributed by atoms with E-state index < -0.39 is 11.5 Å². The lowest BCUT2D eigenvalue weighted by Gasteiger charge is -2.03. The molecule has 1 aromatic heterocycles. The van der Waals surface area contributed by atoms with E-state index >= 15 is 0 Å². The topological polar surface area (TPSA) is 74.8 Å². The highest BCUT2D eigenvalue weighted by molar-refractivity contribution is 5.91. The molecule has 1 heterocycles. The fraction of sp³-hybridized carbons (Fsp3) is 0.267. The highest BCUT2D eigenvalue weighted by atomic mass is 16.2. The molecule has 2 aromatic rings. The average molecular weight is 273 g/mol. The van der Waals surface area contributed by atoms with Crippen LogP contribution in [0, 0.1) is 0 Å². The highest BCUT2D eigenvalue weighted by Gasteiger charge is 2.10. The number of aromatic amines is 1. The molecule has 5 heteroatoms. The largest absolute Gasteiger partial charge is 0.354 e. The summed E-state index contributed by atoms with van der Waals surface area (Å²) in [5.74, 6) is -0.484. The third kappa shape index (κ3) is 4.05. The molecule has 0 atom stereocenters. The van der Waals surface area contributed by atoms with Crippen LogP contribution >= 0.6 is 0 Å². The summed E-state index contributed by atoms with van der Waals surface area (Å²) < 4.78 is 0. The smallest absolute Gasteiger partial charge is 0.279 e. The van der Waals surface area contributed by atoms with E-state index in [-0.39, 0.29) is 5.69 Å². The van der Waals surface area contributed by atoms with Crippen molar-refractivity contribution >= 4 is 5.91 Å². The summed E-state index contributed by atoms with van der Waals surface area (Å²) in [6, 6.07) is 9.72. The summed E-state index contributed by atoms with van der Waals surface area (Å²) in [5, 5.41) is 2.37. The van der Waals surface area contributed by atoms with Gasteiger partial charge in [-0.25, -0.2) is 4.98 Å². The zero-order valence-electron chi connectivity index (χ0n) is 11.9. The van der Waals surface area contributed by atoms with Gasteiger partial charge in [-0.3, -0.25) is 9.59 Å². The maximum Gasteiger partial charge on any atom is 0.279 e. The maximum atomic E-state index is 11.7. The number of H-pyrrole nitrogens is 1. The van der Waals surface area contributed by atoms with Crippen LogP contribution in [0.25, 0.3) is 0 Å². The molecule has 1 amide bonds. The monoisotopic (exact) mass is 273 g/mol. The zero-order valence-corrected chi connectivity index (χ0v) is 11.9. The van der Waals surface area contributed by atoms with E-state index in [9.17, 15) is 9.59 Å². The van der Waals surface area contributed by atoms with Crippen molar-refractivity contribution in [3.63, 3.8) is 0 Å². The lowest BCUT2D eigenvalue weighted by Crippen LogP contribution is -2.28. The number of carbonyl (C=O) groups excluding carboxylic acids is 1. The van der Waals surface area contributed by atoms with Gasteiger partial charge in [0.2, 0.25) is 0 Å². The Kier molecular flexibility index (Phi) is 6.16. The molecule has 2 N–H and O–H groups in total. The van der Waals surface area contributed by atoms with E-state index in [4.69, 9.17) is 0 Å². The van der Waals surface area contributed by atoms with E-state index in [2.05, 4.69) is 15.3 Å². The second-order valence-electron chi connectivity index (χ2n) is 3.83. The number of amides is 1. The zero-order chi connectivity index (χ0) is 15.0. The Morgan fingerprint density at radius 1 is 1.25 bits per heavy atom. The van der Waals surface area contributed by atoms with Gasteiger partial charge < -0.3 is 10.3 Å². The molecule has 0 aliphatic heterocycles. The molecule has 0 saturated heterocycles. The maximum absolute atomic E-state index is 11.7. The van der Waals surface area contributed by atoms with Gasteiger partial charge in [-0.05, 0) is 5.56 Å². The van der Waals surface area contributed by atoms with Gasteiger partial charge in [0, 0.05) is 25.4 Å². The van der Waals surface area contributed by atoms with Crippen molar-refractivity contribution in [1.29, 1.82) is 0 Å². The van der Waals surface area contributed by atoms with Crippen LogP contribution in [0.3, 0.4) is 0 Å². The Labute approximate surface area is 118 Å². The van der Waals surface area contributed by atoms with Crippen molar-refractivity contribution in [3.05, 3.63) is 63.8 Å². The third-order valence-corrected chi connectivity index (χ3v) is 2.52. The molecular formula is C15H19N3O2. The van der Waals surface area contributed by atoms with Gasteiger partial charge >= 0.3 is 0 Å². The number of nitrogens with one attached hydrogen (secondary N) is 2. The van der Waals surface area contributed by atoms with Crippen LogP contribution in [0.4, 0.5) is 0 Å². The van der Waals surface area contributed by atoms with Gasteiger partial charge in [0.1, 0.15) is 0 Å². The number of hydrogen-bond donors (Lipinski definition) is 2. The number of carbonyl (C=O) groups is 1. The molecule has 0 saturated carbocycles. The molecule has 2 rings (SSSR count). The Bertz CT molecular complexity index is 606. The molecule has 0 bridgehead atoms. The number of benzene rings is 1. The average Bonchev–Trinajstić information content (AvgIpc) is 2.50. The summed E-state index contributed by atoms with van der Waals surface area (Å²) in [4.78, 5) is 29.5. The standard InChI is InChI=1S/C13H13N3O2.C2H6/c1-14-12(17)11-13(18)16-10(8-15-11)7-9-5-3-2-4-6-9;1-2/h2-6,8H,7H2,1H3,(H,14,17)(H,16,18);1-2H3.